The first-order valence-electron chi connectivity index (χ1n) is 6.54. The Balaban J connectivity index is 2.22. The molecule has 0 unspecified atom stereocenters. The van der Waals surface area contributed by atoms with Crippen molar-refractivity contribution in [2.24, 2.45) is 0 Å². The molecule has 0 spiro atoms. The van der Waals surface area contributed by atoms with Crippen molar-refractivity contribution in [3.8, 4) is 5.75 Å². The summed E-state index contributed by atoms with van der Waals surface area (Å²) in [5.74, 6) is 0.760. The predicted molar refractivity (Wildman–Crippen MR) is 82.3 cm³/mol. The van der Waals surface area contributed by atoms with Crippen LogP contribution in [-0.4, -0.2) is 12.9 Å². The molecule has 2 aromatic carbocycles. The van der Waals surface area contributed by atoms with Crippen LogP contribution in [0.3, 0.4) is 0 Å². The number of allylic oxidation sites excluding steroid dienone is 1. The van der Waals surface area contributed by atoms with Crippen LogP contribution in [0, 0.1) is 13.8 Å². The molecule has 0 fully saturated rings. The van der Waals surface area contributed by atoms with Gasteiger partial charge < -0.3 is 4.74 Å². The van der Waals surface area contributed by atoms with Crippen LogP contribution in [0.2, 0.25) is 0 Å². The summed E-state index contributed by atoms with van der Waals surface area (Å²) in [5, 5.41) is 0. The number of carbonyl (C=O) groups excluding carboxylic acids is 1. The number of benzene rings is 2. The minimum Gasteiger partial charge on any atom is -0.496 e. The molecule has 2 heteroatoms. The number of ketones is 1. The van der Waals surface area contributed by atoms with E-state index in [0.29, 0.717) is 5.56 Å². The molecule has 20 heavy (non-hydrogen) atoms. The first kappa shape index (κ1) is 14.1. The SMILES string of the molecule is COc1ccccc1C=CC(=O)c1ccc(C)c(C)c1. The topological polar surface area (TPSA) is 26.3 Å². The Bertz CT molecular complexity index is 654. The van der Waals surface area contributed by atoms with Crippen LogP contribution in [0.25, 0.3) is 6.08 Å². The zero-order chi connectivity index (χ0) is 14.5. The summed E-state index contributed by atoms with van der Waals surface area (Å²) in [6.45, 7) is 4.05. The molecule has 0 bridgehead atoms. The van der Waals surface area contributed by atoms with Gasteiger partial charge in [0, 0.05) is 11.1 Å². The largest absolute Gasteiger partial charge is 0.496 e. The third kappa shape index (κ3) is 3.15. The van der Waals surface area contributed by atoms with E-state index in [9.17, 15) is 4.79 Å². The molecule has 2 nitrogen and oxygen atoms in total. The summed E-state index contributed by atoms with van der Waals surface area (Å²) >= 11 is 0. The van der Waals surface area contributed by atoms with Crippen molar-refractivity contribution in [2.45, 2.75) is 13.8 Å². The van der Waals surface area contributed by atoms with Gasteiger partial charge in [0.25, 0.3) is 0 Å². The quantitative estimate of drug-likeness (QED) is 0.612. The van der Waals surface area contributed by atoms with Crippen molar-refractivity contribution < 1.29 is 9.53 Å². The number of para-hydroxylation sites is 1. The predicted octanol–water partition coefficient (Wildman–Crippen LogP) is 4.21. The summed E-state index contributed by atoms with van der Waals surface area (Å²) < 4.78 is 5.26. The van der Waals surface area contributed by atoms with Gasteiger partial charge in [-0.15, -0.1) is 0 Å². The van der Waals surface area contributed by atoms with Gasteiger partial charge in [-0.1, -0.05) is 30.3 Å². The Morgan fingerprint density at radius 1 is 1.05 bits per heavy atom. The Morgan fingerprint density at radius 2 is 1.80 bits per heavy atom. The molecule has 0 saturated carbocycles. The van der Waals surface area contributed by atoms with E-state index >= 15 is 0 Å². The molecular weight excluding hydrogens is 248 g/mol. The van der Waals surface area contributed by atoms with Crippen LogP contribution in [0.1, 0.15) is 27.0 Å². The highest BCUT2D eigenvalue weighted by Crippen LogP contribution is 2.19. The minimum absolute atomic E-state index is 0.000920. The van der Waals surface area contributed by atoms with Crippen LogP contribution in [-0.2, 0) is 0 Å². The number of hydrogen-bond donors (Lipinski definition) is 0. The minimum atomic E-state index is -0.000920. The maximum Gasteiger partial charge on any atom is 0.185 e. The first-order valence-corrected chi connectivity index (χ1v) is 6.54. The van der Waals surface area contributed by atoms with E-state index in [1.165, 1.54) is 5.56 Å². The molecular formula is C18H18O2. The molecule has 102 valence electrons. The number of ether oxygens (including phenoxy) is 1. The fourth-order valence-corrected chi connectivity index (χ4v) is 1.96. The molecule has 0 heterocycles. The number of hydrogen-bond acceptors (Lipinski definition) is 2. The molecule has 0 aliphatic carbocycles. The van der Waals surface area contributed by atoms with Gasteiger partial charge in [0.2, 0.25) is 0 Å². The average molecular weight is 266 g/mol. The molecule has 0 saturated heterocycles. The summed E-state index contributed by atoms with van der Waals surface area (Å²) in [6.07, 6.45) is 3.37. The summed E-state index contributed by atoms with van der Waals surface area (Å²) in [6, 6.07) is 13.4. The molecule has 0 radical (unpaired) electrons. The molecule has 0 N–H and O–H groups in total. The molecule has 0 atom stereocenters. The van der Waals surface area contributed by atoms with E-state index in [1.807, 2.05) is 56.3 Å². The summed E-state index contributed by atoms with van der Waals surface area (Å²) in [5.41, 5.74) is 3.92. The van der Waals surface area contributed by atoms with Crippen molar-refractivity contribution >= 4 is 11.9 Å². The van der Waals surface area contributed by atoms with Crippen LogP contribution >= 0.6 is 0 Å². The second kappa shape index (κ2) is 6.20. The third-order valence-electron chi connectivity index (χ3n) is 3.34. The average Bonchev–Trinajstić information content (AvgIpc) is 2.47. The highest BCUT2D eigenvalue weighted by atomic mass is 16.5. The Labute approximate surface area is 119 Å². The zero-order valence-corrected chi connectivity index (χ0v) is 12.0. The standard InChI is InChI=1S/C18H18O2/c1-13-8-9-16(12-14(13)2)17(19)11-10-15-6-4-5-7-18(15)20-3/h4-12H,1-3H3. The van der Waals surface area contributed by atoms with Gasteiger partial charge in [0.1, 0.15) is 5.75 Å². The van der Waals surface area contributed by atoms with Crippen LogP contribution < -0.4 is 4.74 Å². The number of carbonyl (C=O) groups is 1. The molecule has 2 aromatic rings. The van der Waals surface area contributed by atoms with Crippen molar-refractivity contribution in [3.63, 3.8) is 0 Å². The second-order valence-electron chi connectivity index (χ2n) is 4.74. The van der Waals surface area contributed by atoms with Gasteiger partial charge in [-0.2, -0.15) is 0 Å². The van der Waals surface area contributed by atoms with Gasteiger partial charge in [-0.3, -0.25) is 4.79 Å². The number of rotatable bonds is 4. The zero-order valence-electron chi connectivity index (χ0n) is 12.0. The molecule has 0 amide bonds. The van der Waals surface area contributed by atoms with Crippen molar-refractivity contribution in [3.05, 3.63) is 70.8 Å². The van der Waals surface area contributed by atoms with Gasteiger partial charge in [0.15, 0.2) is 5.78 Å². The Morgan fingerprint density at radius 3 is 2.50 bits per heavy atom. The van der Waals surface area contributed by atoms with E-state index < -0.39 is 0 Å². The lowest BCUT2D eigenvalue weighted by molar-refractivity contribution is 0.104. The Kier molecular flexibility index (Phi) is 4.36. The van der Waals surface area contributed by atoms with Crippen LogP contribution in [0.15, 0.2) is 48.5 Å². The van der Waals surface area contributed by atoms with Crippen molar-refractivity contribution in [2.75, 3.05) is 7.11 Å². The maximum absolute atomic E-state index is 12.2. The van der Waals surface area contributed by atoms with Crippen LogP contribution in [0.5, 0.6) is 5.75 Å². The normalized spacial score (nSPS) is 10.8. The van der Waals surface area contributed by atoms with Gasteiger partial charge in [0.05, 0.1) is 7.11 Å². The van der Waals surface area contributed by atoms with Gasteiger partial charge >= 0.3 is 0 Å². The smallest absolute Gasteiger partial charge is 0.185 e. The fourth-order valence-electron chi connectivity index (χ4n) is 1.96. The molecule has 0 aliphatic rings. The molecule has 0 aromatic heterocycles. The number of methoxy groups -OCH3 is 1. The molecule has 2 rings (SSSR count). The highest BCUT2D eigenvalue weighted by Gasteiger charge is 2.04. The fraction of sp³-hybridized carbons (Fsp3) is 0.167. The van der Waals surface area contributed by atoms with E-state index in [0.717, 1.165) is 16.9 Å². The monoisotopic (exact) mass is 266 g/mol. The van der Waals surface area contributed by atoms with E-state index in [1.54, 1.807) is 19.3 Å². The first-order chi connectivity index (χ1) is 9.61. The number of aryl methyl sites for hydroxylation is 2. The van der Waals surface area contributed by atoms with Gasteiger partial charge in [-0.25, -0.2) is 0 Å². The summed E-state index contributed by atoms with van der Waals surface area (Å²) in [4.78, 5) is 12.2. The second-order valence-corrected chi connectivity index (χ2v) is 4.74. The van der Waals surface area contributed by atoms with Crippen LogP contribution in [0.4, 0.5) is 0 Å². The van der Waals surface area contributed by atoms with E-state index in [-0.39, 0.29) is 5.78 Å². The maximum atomic E-state index is 12.2. The molecule has 0 aliphatic heterocycles. The highest BCUT2D eigenvalue weighted by molar-refractivity contribution is 6.07. The Hall–Kier alpha value is -2.35. The lowest BCUT2D eigenvalue weighted by Gasteiger charge is -2.04. The lowest BCUT2D eigenvalue weighted by atomic mass is 10.0. The third-order valence-corrected chi connectivity index (χ3v) is 3.34. The lowest BCUT2D eigenvalue weighted by Crippen LogP contribution is -1.96. The van der Waals surface area contributed by atoms with E-state index in [2.05, 4.69) is 0 Å². The summed E-state index contributed by atoms with van der Waals surface area (Å²) in [7, 11) is 1.62. The van der Waals surface area contributed by atoms with Crippen molar-refractivity contribution in [1.82, 2.24) is 0 Å². The van der Waals surface area contributed by atoms with Gasteiger partial charge in [-0.05, 0) is 49.3 Å². The van der Waals surface area contributed by atoms with E-state index in [4.69, 9.17) is 4.74 Å². The van der Waals surface area contributed by atoms with Crippen molar-refractivity contribution in [1.29, 1.82) is 0 Å².